The zero-order valence-corrected chi connectivity index (χ0v) is 4.12. The maximum absolute atomic E-state index is 4.00. The van der Waals surface area contributed by atoms with Gasteiger partial charge in [0.05, 0.1) is 0 Å². The highest BCUT2D eigenvalue weighted by molar-refractivity contribution is 9.08. The van der Waals surface area contributed by atoms with Crippen LogP contribution in [0.15, 0.2) is 0 Å². The Morgan fingerprint density at radius 2 is 1.25 bits per heavy atom. The van der Waals surface area contributed by atoms with Crippen LogP contribution in [0.4, 0.5) is 0 Å². The summed E-state index contributed by atoms with van der Waals surface area (Å²) < 4.78 is 0. The Kier molecular flexibility index (Phi) is 17700. The minimum Gasteiger partial charge on any atom is -0.124 e. The standard InChI is InChI=1S/C2H2.CH3Br/c2*1-2/h1-2H;1H3. The molecule has 0 rings (SSSR count). The SMILES string of the molecule is C#C.CBr. The van der Waals surface area contributed by atoms with Crippen molar-refractivity contribution in [1.29, 1.82) is 0 Å². The van der Waals surface area contributed by atoms with Crippen molar-refractivity contribution in [2.75, 3.05) is 5.83 Å². The summed E-state index contributed by atoms with van der Waals surface area (Å²) in [6.45, 7) is 0. The first-order valence-electron chi connectivity index (χ1n) is 0.711. The predicted octanol–water partition coefficient (Wildman–Crippen LogP) is 1.26. The van der Waals surface area contributed by atoms with Crippen LogP contribution >= 0.6 is 15.9 Å². The first-order valence-corrected chi connectivity index (χ1v) is 2.30. The normalized spacial score (nSPS) is 2.00. The zero-order chi connectivity index (χ0) is 4.00. The molecule has 0 spiro atoms. The predicted molar refractivity (Wildman–Crippen MR) is 24.7 cm³/mol. The van der Waals surface area contributed by atoms with Gasteiger partial charge in [0.2, 0.25) is 0 Å². The van der Waals surface area contributed by atoms with Crippen molar-refractivity contribution in [3.8, 4) is 12.8 Å². The fourth-order valence-electron chi connectivity index (χ4n) is 0. The Morgan fingerprint density at radius 1 is 1.25 bits per heavy atom. The molecule has 0 nitrogen and oxygen atoms in total. The molecule has 0 aromatic heterocycles. The Balaban J connectivity index is 0. The maximum Gasteiger partial charge on any atom is -0.00848 e. The van der Waals surface area contributed by atoms with Crippen LogP contribution in [-0.2, 0) is 0 Å². The highest BCUT2D eigenvalue weighted by Gasteiger charge is 0.948. The second-order valence-electron chi connectivity index (χ2n) is 0. The van der Waals surface area contributed by atoms with Gasteiger partial charge in [-0.15, -0.1) is 12.8 Å². The minimum atomic E-state index is 1.81. The molecule has 0 saturated carbocycles. The maximum atomic E-state index is 4.00. The second-order valence-corrected chi connectivity index (χ2v) is 0. The van der Waals surface area contributed by atoms with E-state index in [2.05, 4.69) is 28.8 Å². The van der Waals surface area contributed by atoms with Crippen molar-refractivity contribution in [3.05, 3.63) is 0 Å². The topological polar surface area (TPSA) is 0 Å². The Hall–Kier alpha value is 0.0400. The van der Waals surface area contributed by atoms with Crippen LogP contribution in [0.1, 0.15) is 0 Å². The third-order valence-electron chi connectivity index (χ3n) is 0. The van der Waals surface area contributed by atoms with Gasteiger partial charge in [-0.3, -0.25) is 0 Å². The third-order valence-corrected chi connectivity index (χ3v) is 0. The molecule has 1 heteroatoms. The summed E-state index contributed by atoms with van der Waals surface area (Å²) in [4.78, 5) is 0. The van der Waals surface area contributed by atoms with Crippen LogP contribution in [-0.4, -0.2) is 5.83 Å². The highest BCUT2D eigenvalue weighted by Crippen LogP contribution is 1.45. The lowest BCUT2D eigenvalue weighted by molar-refractivity contribution is 2.60. The molecule has 0 amide bonds. The Labute approximate surface area is 35.3 Å². The van der Waals surface area contributed by atoms with E-state index in [1.165, 1.54) is 0 Å². The van der Waals surface area contributed by atoms with E-state index in [0.29, 0.717) is 0 Å². The number of alkyl halides is 1. The molecule has 0 radical (unpaired) electrons. The summed E-state index contributed by atoms with van der Waals surface area (Å²) in [5.74, 6) is 1.81. The van der Waals surface area contributed by atoms with E-state index >= 15 is 0 Å². The summed E-state index contributed by atoms with van der Waals surface area (Å²) in [7, 11) is 0. The molecule has 0 aliphatic carbocycles. The van der Waals surface area contributed by atoms with E-state index in [4.69, 9.17) is 0 Å². The summed E-state index contributed by atoms with van der Waals surface area (Å²) in [6.07, 6.45) is 8.00. The number of halogens is 1. The highest BCUT2D eigenvalue weighted by atomic mass is 79.9. The van der Waals surface area contributed by atoms with Crippen molar-refractivity contribution in [3.63, 3.8) is 0 Å². The second kappa shape index (κ2) is 7910. The first-order chi connectivity index (χ1) is 2.00. The Bertz CT molecular complexity index is 8.00. The van der Waals surface area contributed by atoms with Gasteiger partial charge in [-0.25, -0.2) is 0 Å². The van der Waals surface area contributed by atoms with E-state index in [1.54, 1.807) is 0 Å². The van der Waals surface area contributed by atoms with Crippen molar-refractivity contribution < 1.29 is 0 Å². The van der Waals surface area contributed by atoms with Gasteiger partial charge < -0.3 is 0 Å². The van der Waals surface area contributed by atoms with Crippen LogP contribution in [0.3, 0.4) is 0 Å². The van der Waals surface area contributed by atoms with E-state index in [0.717, 1.165) is 0 Å². The molecule has 0 unspecified atom stereocenters. The molecule has 0 saturated heterocycles. The van der Waals surface area contributed by atoms with Crippen molar-refractivity contribution in [1.82, 2.24) is 0 Å². The fourth-order valence-corrected chi connectivity index (χ4v) is 0. The number of hydrogen-bond donors (Lipinski definition) is 0. The zero-order valence-electron chi connectivity index (χ0n) is 2.53. The largest absolute Gasteiger partial charge is 0.124 e. The molecule has 0 aromatic carbocycles. The average molecular weight is 121 g/mol. The van der Waals surface area contributed by atoms with Crippen molar-refractivity contribution in [2.45, 2.75) is 0 Å². The summed E-state index contributed by atoms with van der Waals surface area (Å²) in [5.41, 5.74) is 0. The number of rotatable bonds is 0. The van der Waals surface area contributed by atoms with Gasteiger partial charge >= 0.3 is 0 Å². The molecule has 0 atom stereocenters. The molecule has 24 valence electrons. The molecule has 0 aromatic rings. The molecule has 0 heterocycles. The number of hydrogen-bond acceptors (Lipinski definition) is 0. The van der Waals surface area contributed by atoms with E-state index in [-0.39, 0.29) is 0 Å². The molecule has 4 heavy (non-hydrogen) atoms. The first kappa shape index (κ1) is 8.97. The minimum absolute atomic E-state index is 1.81. The van der Waals surface area contributed by atoms with Crippen molar-refractivity contribution >= 4 is 15.9 Å². The monoisotopic (exact) mass is 120 g/mol. The van der Waals surface area contributed by atoms with Gasteiger partial charge in [-0.05, 0) is 5.83 Å². The lowest BCUT2D eigenvalue weighted by Crippen LogP contribution is -0.808. The van der Waals surface area contributed by atoms with Crippen LogP contribution in [0.25, 0.3) is 0 Å². The van der Waals surface area contributed by atoms with Crippen LogP contribution in [0, 0.1) is 12.8 Å². The summed E-state index contributed by atoms with van der Waals surface area (Å²) in [6, 6.07) is 0. The third kappa shape index (κ3) is 1380. The van der Waals surface area contributed by atoms with Gasteiger partial charge in [0.1, 0.15) is 0 Å². The van der Waals surface area contributed by atoms with Gasteiger partial charge in [0.15, 0.2) is 0 Å². The van der Waals surface area contributed by atoms with Crippen LogP contribution < -0.4 is 0 Å². The molecule has 0 fully saturated rings. The van der Waals surface area contributed by atoms with Gasteiger partial charge in [0.25, 0.3) is 0 Å². The van der Waals surface area contributed by atoms with E-state index < -0.39 is 0 Å². The molecule has 0 aliphatic heterocycles. The fraction of sp³-hybridized carbons (Fsp3) is 0.333. The van der Waals surface area contributed by atoms with Crippen LogP contribution in [0.2, 0.25) is 0 Å². The van der Waals surface area contributed by atoms with E-state index in [9.17, 15) is 0 Å². The van der Waals surface area contributed by atoms with Gasteiger partial charge in [-0.2, -0.15) is 0 Å². The molecular weight excluding hydrogens is 116 g/mol. The summed E-state index contributed by atoms with van der Waals surface area (Å²) >= 11 is 2.94. The molecular formula is C3H5Br. The van der Waals surface area contributed by atoms with Crippen molar-refractivity contribution in [2.24, 2.45) is 0 Å². The summed E-state index contributed by atoms with van der Waals surface area (Å²) in [5, 5.41) is 0. The lowest BCUT2D eigenvalue weighted by Gasteiger charge is -1.05. The lowest BCUT2D eigenvalue weighted by atomic mass is 11.4. The van der Waals surface area contributed by atoms with Gasteiger partial charge in [0, 0.05) is 0 Å². The molecule has 0 bridgehead atoms. The number of terminal acetylenes is 1. The quantitative estimate of drug-likeness (QED) is 0.334. The smallest absolute Gasteiger partial charge is 0.00848 e. The van der Waals surface area contributed by atoms with Gasteiger partial charge in [-0.1, -0.05) is 15.9 Å². The van der Waals surface area contributed by atoms with E-state index in [1.807, 2.05) is 5.83 Å². The average Bonchev–Trinajstić information content (AvgIpc) is 1.50. The Morgan fingerprint density at radius 3 is 1.25 bits per heavy atom. The van der Waals surface area contributed by atoms with Crippen LogP contribution in [0.5, 0.6) is 0 Å². The molecule has 0 aliphatic rings. The molecule has 0 N–H and O–H groups in total.